The van der Waals surface area contributed by atoms with Gasteiger partial charge in [-0.2, -0.15) is 0 Å². The highest BCUT2D eigenvalue weighted by molar-refractivity contribution is 6.01. The number of carbonyl (C=O) groups excluding carboxylic acids is 3. The van der Waals surface area contributed by atoms with Crippen LogP contribution >= 0.6 is 0 Å². The number of hydrogen-bond acceptors (Lipinski definition) is 5. The Bertz CT molecular complexity index is 1180. The van der Waals surface area contributed by atoms with Gasteiger partial charge in [0, 0.05) is 25.6 Å². The smallest absolute Gasteiger partial charge is 0.340 e. The van der Waals surface area contributed by atoms with E-state index in [0.717, 1.165) is 11.3 Å². The fourth-order valence-electron chi connectivity index (χ4n) is 3.32. The van der Waals surface area contributed by atoms with Gasteiger partial charge in [-0.1, -0.05) is 42.5 Å². The van der Waals surface area contributed by atoms with E-state index in [0.29, 0.717) is 17.7 Å². The van der Waals surface area contributed by atoms with Crippen LogP contribution in [0, 0.1) is 5.82 Å². The van der Waals surface area contributed by atoms with Gasteiger partial charge in [-0.25, -0.2) is 9.18 Å². The predicted molar refractivity (Wildman–Crippen MR) is 130 cm³/mol. The minimum atomic E-state index is -0.747. The van der Waals surface area contributed by atoms with E-state index in [1.54, 1.807) is 43.5 Å². The van der Waals surface area contributed by atoms with Gasteiger partial charge in [-0.05, 0) is 42.3 Å². The van der Waals surface area contributed by atoms with Crippen molar-refractivity contribution in [3.8, 4) is 5.75 Å². The summed E-state index contributed by atoms with van der Waals surface area (Å²) in [5, 5.41) is 2.73. The molecule has 0 heterocycles. The number of amides is 2. The first-order valence-electron chi connectivity index (χ1n) is 11.0. The molecule has 35 heavy (non-hydrogen) atoms. The molecule has 0 aliphatic carbocycles. The second kappa shape index (κ2) is 12.3. The number of hydrogen-bond donors (Lipinski definition) is 1. The van der Waals surface area contributed by atoms with Crippen molar-refractivity contribution in [2.75, 3.05) is 26.1 Å². The van der Waals surface area contributed by atoms with E-state index in [1.165, 1.54) is 24.1 Å². The monoisotopic (exact) mass is 478 g/mol. The molecule has 182 valence electrons. The third-order valence-corrected chi connectivity index (χ3v) is 5.34. The maximum absolute atomic E-state index is 13.8. The zero-order valence-corrected chi connectivity index (χ0v) is 19.6. The Morgan fingerprint density at radius 2 is 1.63 bits per heavy atom. The lowest BCUT2D eigenvalue weighted by molar-refractivity contribution is -0.133. The van der Waals surface area contributed by atoms with Crippen molar-refractivity contribution in [1.82, 2.24) is 4.90 Å². The highest BCUT2D eigenvalue weighted by Crippen LogP contribution is 2.18. The molecule has 3 aromatic rings. The fourth-order valence-corrected chi connectivity index (χ4v) is 3.32. The lowest BCUT2D eigenvalue weighted by Crippen LogP contribution is -2.31. The average molecular weight is 479 g/mol. The van der Waals surface area contributed by atoms with E-state index in [1.807, 2.05) is 24.3 Å². The van der Waals surface area contributed by atoms with Crippen LogP contribution in [0.25, 0.3) is 0 Å². The Morgan fingerprint density at radius 3 is 2.34 bits per heavy atom. The van der Waals surface area contributed by atoms with Gasteiger partial charge >= 0.3 is 5.97 Å². The summed E-state index contributed by atoms with van der Waals surface area (Å²) >= 11 is 0. The summed E-state index contributed by atoms with van der Waals surface area (Å²) < 4.78 is 24.1. The molecule has 3 rings (SSSR count). The molecular formula is C27H27FN2O5. The zero-order chi connectivity index (χ0) is 25.2. The minimum Gasteiger partial charge on any atom is -0.497 e. The van der Waals surface area contributed by atoms with Crippen molar-refractivity contribution in [1.29, 1.82) is 0 Å². The number of esters is 1. The quantitative estimate of drug-likeness (QED) is 0.441. The van der Waals surface area contributed by atoms with Crippen LogP contribution in [0.5, 0.6) is 5.75 Å². The third-order valence-electron chi connectivity index (χ3n) is 5.34. The largest absolute Gasteiger partial charge is 0.497 e. The van der Waals surface area contributed by atoms with Crippen LogP contribution in [0.2, 0.25) is 0 Å². The number of halogens is 1. The number of para-hydroxylation sites is 1. The Hall–Kier alpha value is -4.20. The summed E-state index contributed by atoms with van der Waals surface area (Å²) in [6.45, 7) is -0.465. The lowest BCUT2D eigenvalue weighted by Gasteiger charge is -2.18. The first-order valence-corrected chi connectivity index (χ1v) is 11.0. The zero-order valence-electron chi connectivity index (χ0n) is 19.6. The maximum Gasteiger partial charge on any atom is 0.340 e. The fraction of sp³-hybridized carbons (Fsp3) is 0.222. The minimum absolute atomic E-state index is 0.0455. The molecule has 0 spiro atoms. The Kier molecular flexibility index (Phi) is 8.95. The summed E-state index contributed by atoms with van der Waals surface area (Å²) in [6.07, 6.45) is 0.736. The maximum atomic E-state index is 13.8. The molecular weight excluding hydrogens is 451 g/mol. The molecule has 1 N–H and O–H groups in total. The number of anilines is 1. The number of ether oxygens (including phenoxy) is 2. The highest BCUT2D eigenvalue weighted by atomic mass is 19.1. The molecule has 0 bridgehead atoms. The molecule has 2 amide bonds. The molecule has 0 saturated carbocycles. The Morgan fingerprint density at radius 1 is 0.943 bits per heavy atom. The summed E-state index contributed by atoms with van der Waals surface area (Å²) in [7, 11) is 3.09. The number of methoxy groups -OCH3 is 1. The molecule has 0 fully saturated rings. The average Bonchev–Trinajstić information content (AvgIpc) is 2.87. The molecule has 7 nitrogen and oxygen atoms in total. The van der Waals surface area contributed by atoms with Gasteiger partial charge in [-0.15, -0.1) is 0 Å². The van der Waals surface area contributed by atoms with Crippen molar-refractivity contribution in [2.24, 2.45) is 0 Å². The normalized spacial score (nSPS) is 10.4. The predicted octanol–water partition coefficient (Wildman–Crippen LogP) is 4.22. The molecule has 0 radical (unpaired) electrons. The number of aryl methyl sites for hydroxylation is 1. The molecule has 0 saturated heterocycles. The summed E-state index contributed by atoms with van der Waals surface area (Å²) in [4.78, 5) is 38.7. The van der Waals surface area contributed by atoms with Crippen LogP contribution in [0.3, 0.4) is 0 Å². The number of nitrogens with zero attached hydrogens (tertiary/aromatic N) is 1. The van der Waals surface area contributed by atoms with Gasteiger partial charge in [-0.3, -0.25) is 9.59 Å². The molecule has 0 unspecified atom stereocenters. The van der Waals surface area contributed by atoms with Gasteiger partial charge < -0.3 is 19.7 Å². The van der Waals surface area contributed by atoms with Crippen molar-refractivity contribution in [3.05, 3.63) is 95.3 Å². The third kappa shape index (κ3) is 7.40. The summed E-state index contributed by atoms with van der Waals surface area (Å²) in [5.74, 6) is -1.17. The van der Waals surface area contributed by atoms with E-state index in [2.05, 4.69) is 5.32 Å². The van der Waals surface area contributed by atoms with E-state index < -0.39 is 24.3 Å². The van der Waals surface area contributed by atoms with Crippen LogP contribution in [-0.4, -0.2) is 43.4 Å². The molecule has 0 aliphatic heterocycles. The van der Waals surface area contributed by atoms with E-state index in [9.17, 15) is 18.8 Å². The van der Waals surface area contributed by atoms with Crippen LogP contribution in [-0.2, 0) is 27.3 Å². The number of carbonyl (C=O) groups is 3. The summed E-state index contributed by atoms with van der Waals surface area (Å²) in [6, 6.07) is 20.0. The Labute approximate surface area is 203 Å². The number of nitrogens with one attached hydrogen (secondary N) is 1. The molecule has 8 heteroatoms. The number of likely N-dealkylation sites (N-methyl/N-ethyl adjacent to an activating group) is 1. The summed E-state index contributed by atoms with van der Waals surface area (Å²) in [5.41, 5.74) is 1.77. The van der Waals surface area contributed by atoms with Crippen molar-refractivity contribution in [2.45, 2.75) is 19.4 Å². The molecule has 3 aromatic carbocycles. The van der Waals surface area contributed by atoms with Crippen LogP contribution in [0.15, 0.2) is 72.8 Å². The van der Waals surface area contributed by atoms with Gasteiger partial charge in [0.1, 0.15) is 11.6 Å². The topological polar surface area (TPSA) is 84.9 Å². The molecule has 0 aromatic heterocycles. The standard InChI is InChI=1S/C27H27FN2O5/c1-30(17-20-7-3-5-9-23(20)28)26(32)18-35-27(33)22-8-4-6-10-24(22)29-25(31)16-13-19-11-14-21(34-2)15-12-19/h3-12,14-15H,13,16-18H2,1-2H3,(H,29,31). The van der Waals surface area contributed by atoms with Crippen molar-refractivity contribution in [3.63, 3.8) is 0 Å². The van der Waals surface area contributed by atoms with Crippen LogP contribution in [0.1, 0.15) is 27.9 Å². The molecule has 0 atom stereocenters. The van der Waals surface area contributed by atoms with Crippen molar-refractivity contribution >= 4 is 23.5 Å². The molecule has 0 aliphatic rings. The SMILES string of the molecule is COc1ccc(CCC(=O)Nc2ccccc2C(=O)OCC(=O)N(C)Cc2ccccc2F)cc1. The lowest BCUT2D eigenvalue weighted by atomic mass is 10.1. The number of benzene rings is 3. The second-order valence-electron chi connectivity index (χ2n) is 7.86. The van der Waals surface area contributed by atoms with Gasteiger partial charge in [0.25, 0.3) is 5.91 Å². The first-order chi connectivity index (χ1) is 16.9. The number of rotatable bonds is 10. The van der Waals surface area contributed by atoms with E-state index in [-0.39, 0.29) is 24.4 Å². The highest BCUT2D eigenvalue weighted by Gasteiger charge is 2.18. The van der Waals surface area contributed by atoms with Crippen LogP contribution in [0.4, 0.5) is 10.1 Å². The van der Waals surface area contributed by atoms with Crippen molar-refractivity contribution < 1.29 is 28.2 Å². The van der Waals surface area contributed by atoms with Crippen LogP contribution < -0.4 is 10.1 Å². The first kappa shape index (κ1) is 25.4. The van der Waals surface area contributed by atoms with Gasteiger partial charge in [0.05, 0.1) is 18.4 Å². The van der Waals surface area contributed by atoms with Gasteiger partial charge in [0.2, 0.25) is 5.91 Å². The van der Waals surface area contributed by atoms with Gasteiger partial charge in [0.15, 0.2) is 6.61 Å². The second-order valence-corrected chi connectivity index (χ2v) is 7.86. The van der Waals surface area contributed by atoms with E-state index >= 15 is 0 Å². The van der Waals surface area contributed by atoms with E-state index in [4.69, 9.17) is 9.47 Å². The Balaban J connectivity index is 1.53.